The van der Waals surface area contributed by atoms with E-state index in [9.17, 15) is 0 Å². The Hall–Kier alpha value is -1.76. The number of aryl methyl sites for hydroxylation is 1. The first-order valence-electron chi connectivity index (χ1n) is 17.4. The zero-order valence-corrected chi connectivity index (χ0v) is 30.9. The first-order valence-corrected chi connectivity index (χ1v) is 17.4. The summed E-state index contributed by atoms with van der Waals surface area (Å²) in [5.41, 5.74) is 5.18. The Morgan fingerprint density at radius 2 is 0.933 bits per heavy atom. The molecule has 2 aliphatic rings. The number of hydrogen-bond donors (Lipinski definition) is 1. The molecule has 256 valence electrons. The van der Waals surface area contributed by atoms with Crippen LogP contribution in [0, 0.1) is 23.2 Å². The molecule has 2 aromatic carbocycles. The fourth-order valence-electron chi connectivity index (χ4n) is 6.20. The van der Waals surface area contributed by atoms with E-state index in [1.165, 1.54) is 29.5 Å². The highest BCUT2D eigenvalue weighted by Gasteiger charge is 2.28. The molecule has 3 unspecified atom stereocenters. The average molecular weight is 625 g/mol. The number of morpholine rings is 2. The van der Waals surface area contributed by atoms with E-state index in [-0.39, 0.29) is 11.5 Å². The van der Waals surface area contributed by atoms with Gasteiger partial charge in [0.1, 0.15) is 0 Å². The van der Waals surface area contributed by atoms with Crippen molar-refractivity contribution in [2.75, 3.05) is 52.6 Å². The third-order valence-corrected chi connectivity index (χ3v) is 8.14. The summed E-state index contributed by atoms with van der Waals surface area (Å²) in [7, 11) is 0. The molecule has 2 aromatic rings. The van der Waals surface area contributed by atoms with E-state index < -0.39 is 0 Å². The van der Waals surface area contributed by atoms with Gasteiger partial charge in [0.15, 0.2) is 0 Å². The molecule has 2 saturated heterocycles. The molecular weight excluding hydrogens is 556 g/mol. The molecule has 0 aliphatic carbocycles. The van der Waals surface area contributed by atoms with Crippen LogP contribution in [0.2, 0.25) is 0 Å². The zero-order chi connectivity index (χ0) is 33.7. The molecule has 5 nitrogen and oxygen atoms in total. The number of nitrogens with zero attached hydrogens (tertiary/aromatic N) is 2. The van der Waals surface area contributed by atoms with Gasteiger partial charge >= 0.3 is 0 Å². The molecule has 5 heteroatoms. The van der Waals surface area contributed by atoms with Gasteiger partial charge in [0.2, 0.25) is 0 Å². The number of rotatable bonds is 7. The summed E-state index contributed by atoms with van der Waals surface area (Å²) in [6.07, 6.45) is 3.11. The van der Waals surface area contributed by atoms with Crippen molar-refractivity contribution >= 4 is 0 Å². The molecule has 0 saturated carbocycles. The standard InChI is InChI=1S/C17H27NO.C16H25NO.C7H16O/c1-14-5-7-15(8-6-14)16(13-17(2,3)4)18-9-11-19-12-10-18;1-16(2,3)13-15(14-7-5-4-6-8-14)17-9-11-18-12-10-17;1-6(8)5-7(2,3)4/h5-8,16H,9-13H2,1-4H3;4-8,15H,9-13H2,1-3H3;6,8H,5H2,1-4H3. The quantitative estimate of drug-likeness (QED) is 0.333. The monoisotopic (exact) mass is 625 g/mol. The van der Waals surface area contributed by atoms with Crippen LogP contribution in [0.3, 0.4) is 0 Å². The molecule has 2 aliphatic heterocycles. The van der Waals surface area contributed by atoms with Gasteiger partial charge < -0.3 is 14.6 Å². The zero-order valence-electron chi connectivity index (χ0n) is 30.9. The minimum absolute atomic E-state index is 0.157. The Kier molecular flexibility index (Phi) is 16.2. The first-order chi connectivity index (χ1) is 20.9. The first kappa shape index (κ1) is 39.4. The summed E-state index contributed by atoms with van der Waals surface area (Å²) in [5.74, 6) is 0. The molecule has 1 N–H and O–H groups in total. The number of ether oxygens (including phenoxy) is 2. The fourth-order valence-corrected chi connectivity index (χ4v) is 6.20. The van der Waals surface area contributed by atoms with Crippen molar-refractivity contribution < 1.29 is 14.6 Å². The molecule has 0 bridgehead atoms. The average Bonchev–Trinajstić information content (AvgIpc) is 2.95. The minimum atomic E-state index is -0.157. The van der Waals surface area contributed by atoms with Gasteiger partial charge in [-0.2, -0.15) is 0 Å². The van der Waals surface area contributed by atoms with Crippen LogP contribution in [0.4, 0.5) is 0 Å². The van der Waals surface area contributed by atoms with Gasteiger partial charge in [-0.1, -0.05) is 122 Å². The lowest BCUT2D eigenvalue weighted by atomic mass is 9.84. The maximum absolute atomic E-state index is 8.89. The van der Waals surface area contributed by atoms with Crippen LogP contribution in [-0.4, -0.2) is 73.6 Å². The Bertz CT molecular complexity index is 1040. The number of aliphatic hydroxyl groups excluding tert-OH is 1. The maximum atomic E-state index is 8.89. The number of hydrogen-bond acceptors (Lipinski definition) is 5. The molecule has 0 amide bonds. The second-order valence-corrected chi connectivity index (χ2v) is 16.8. The Morgan fingerprint density at radius 1 is 0.578 bits per heavy atom. The summed E-state index contributed by atoms with van der Waals surface area (Å²) >= 11 is 0. The second kappa shape index (κ2) is 18.5. The highest BCUT2D eigenvalue weighted by molar-refractivity contribution is 5.24. The van der Waals surface area contributed by atoms with Gasteiger partial charge in [0, 0.05) is 38.3 Å². The predicted molar refractivity (Wildman–Crippen MR) is 192 cm³/mol. The van der Waals surface area contributed by atoms with Crippen LogP contribution in [0.5, 0.6) is 0 Å². The molecule has 0 spiro atoms. The maximum Gasteiger partial charge on any atom is 0.0594 e. The lowest BCUT2D eigenvalue weighted by Crippen LogP contribution is -2.40. The molecule has 2 heterocycles. The molecule has 0 aromatic heterocycles. The summed E-state index contributed by atoms with van der Waals surface area (Å²) < 4.78 is 11.0. The topological polar surface area (TPSA) is 45.2 Å². The molecule has 45 heavy (non-hydrogen) atoms. The fraction of sp³-hybridized carbons (Fsp3) is 0.700. The van der Waals surface area contributed by atoms with Crippen molar-refractivity contribution in [3.05, 3.63) is 71.3 Å². The van der Waals surface area contributed by atoms with E-state index in [1.54, 1.807) is 0 Å². The molecule has 4 rings (SSSR count). The summed E-state index contributed by atoms with van der Waals surface area (Å²) in [5, 5.41) is 8.89. The van der Waals surface area contributed by atoms with Gasteiger partial charge in [-0.25, -0.2) is 0 Å². The SMILES string of the molecule is CC(C)(C)CC(c1ccccc1)N1CCOCC1.CC(O)CC(C)(C)C.Cc1ccc(C(CC(C)(C)C)N2CCOCC2)cc1. The normalized spacial score (nSPS) is 18.9. The third-order valence-electron chi connectivity index (χ3n) is 8.14. The highest BCUT2D eigenvalue weighted by atomic mass is 16.5. The molecular formula is C40H68N2O3. The summed E-state index contributed by atoms with van der Waals surface area (Å²) in [6.45, 7) is 32.0. The Labute approximate surface area is 277 Å². The highest BCUT2D eigenvalue weighted by Crippen LogP contribution is 2.35. The van der Waals surface area contributed by atoms with Crippen LogP contribution in [0.15, 0.2) is 54.6 Å². The molecule has 3 atom stereocenters. The van der Waals surface area contributed by atoms with Crippen molar-refractivity contribution in [1.29, 1.82) is 0 Å². The van der Waals surface area contributed by atoms with Gasteiger partial charge in [-0.15, -0.1) is 0 Å². The molecule has 2 fully saturated rings. The van der Waals surface area contributed by atoms with E-state index in [2.05, 4.69) is 134 Å². The molecule has 0 radical (unpaired) electrons. The van der Waals surface area contributed by atoms with E-state index in [0.29, 0.717) is 22.9 Å². The number of aliphatic hydroxyl groups is 1. The number of benzene rings is 2. The van der Waals surface area contributed by atoms with E-state index in [4.69, 9.17) is 14.6 Å². The van der Waals surface area contributed by atoms with Gasteiger partial charge in [-0.05, 0) is 60.5 Å². The van der Waals surface area contributed by atoms with E-state index in [0.717, 1.165) is 59.0 Å². The van der Waals surface area contributed by atoms with Crippen molar-refractivity contribution in [2.24, 2.45) is 16.2 Å². The lowest BCUT2D eigenvalue weighted by Gasteiger charge is -2.38. The van der Waals surface area contributed by atoms with Crippen LogP contribution in [-0.2, 0) is 9.47 Å². The van der Waals surface area contributed by atoms with Crippen molar-refractivity contribution in [2.45, 2.75) is 114 Å². The summed E-state index contributed by atoms with van der Waals surface area (Å²) in [4.78, 5) is 5.16. The van der Waals surface area contributed by atoms with E-state index >= 15 is 0 Å². The largest absolute Gasteiger partial charge is 0.393 e. The van der Waals surface area contributed by atoms with Gasteiger partial charge in [-0.3, -0.25) is 9.80 Å². The van der Waals surface area contributed by atoms with Crippen LogP contribution >= 0.6 is 0 Å². The van der Waals surface area contributed by atoms with E-state index in [1.807, 2.05) is 6.92 Å². The van der Waals surface area contributed by atoms with Crippen molar-refractivity contribution in [3.63, 3.8) is 0 Å². The van der Waals surface area contributed by atoms with Crippen LogP contribution in [0.25, 0.3) is 0 Å². The van der Waals surface area contributed by atoms with Gasteiger partial charge in [0.25, 0.3) is 0 Å². The van der Waals surface area contributed by atoms with Gasteiger partial charge in [0.05, 0.1) is 32.5 Å². The summed E-state index contributed by atoms with van der Waals surface area (Å²) in [6, 6.07) is 21.0. The smallest absolute Gasteiger partial charge is 0.0594 e. The minimum Gasteiger partial charge on any atom is -0.393 e. The second-order valence-electron chi connectivity index (χ2n) is 16.8. The predicted octanol–water partition coefficient (Wildman–Crippen LogP) is 9.10. The van der Waals surface area contributed by atoms with Crippen molar-refractivity contribution in [1.82, 2.24) is 9.80 Å². The van der Waals surface area contributed by atoms with Crippen LogP contribution in [0.1, 0.15) is 117 Å². The lowest BCUT2D eigenvalue weighted by molar-refractivity contribution is 0.00708. The Balaban J connectivity index is 0.000000255. The Morgan fingerprint density at radius 3 is 1.24 bits per heavy atom. The van der Waals surface area contributed by atoms with Crippen LogP contribution < -0.4 is 0 Å². The van der Waals surface area contributed by atoms with Crippen molar-refractivity contribution in [3.8, 4) is 0 Å². The third kappa shape index (κ3) is 17.1.